The molecule has 27 heavy (non-hydrogen) atoms. The molecule has 0 spiro atoms. The molecule has 0 N–H and O–H groups in total. The average molecular weight is 364 g/mol. The van der Waals surface area contributed by atoms with E-state index in [0.29, 0.717) is 11.6 Å². The van der Waals surface area contributed by atoms with Crippen molar-refractivity contribution in [3.63, 3.8) is 0 Å². The number of hydrogen-bond acceptors (Lipinski definition) is 4. The molecule has 0 aromatic heterocycles. The molecule has 140 valence electrons. The number of benzene rings is 2. The lowest BCUT2D eigenvalue weighted by atomic mass is 9.90. The molecule has 2 saturated heterocycles. The summed E-state index contributed by atoms with van der Waals surface area (Å²) in [5.74, 6) is -0.553. The molecule has 2 aliphatic heterocycles. The van der Waals surface area contributed by atoms with Gasteiger partial charge in [0, 0.05) is 0 Å². The molecule has 0 aliphatic carbocycles. The normalized spacial score (nSPS) is 24.8. The molecule has 5 nitrogen and oxygen atoms in total. The first-order chi connectivity index (χ1) is 13.0. The van der Waals surface area contributed by atoms with Crippen molar-refractivity contribution in [2.24, 2.45) is 11.8 Å². The largest absolute Gasteiger partial charge is 0.273 e. The number of amides is 2. The van der Waals surface area contributed by atoms with Crippen LogP contribution >= 0.6 is 0 Å². The van der Waals surface area contributed by atoms with Gasteiger partial charge in [0.15, 0.2) is 6.10 Å². The number of carbonyl (C=O) groups excluding carboxylic acids is 2. The highest BCUT2D eigenvalue weighted by molar-refractivity contribution is 6.23. The smallest absolute Gasteiger partial charge is 0.266 e. The average Bonchev–Trinajstić information content (AvgIpc) is 3.12. The quantitative estimate of drug-likeness (QED) is 0.776. The monoisotopic (exact) mass is 364 g/mol. The molecule has 3 atom stereocenters. The van der Waals surface area contributed by atoms with Crippen LogP contribution in [0.25, 0.3) is 0 Å². The minimum atomic E-state index is -0.762. The number of carbonyl (C=O) groups is 2. The van der Waals surface area contributed by atoms with E-state index in [9.17, 15) is 9.59 Å². The molecule has 0 unspecified atom stereocenters. The third-order valence-electron chi connectivity index (χ3n) is 5.22. The minimum absolute atomic E-state index is 0.163. The van der Waals surface area contributed by atoms with Gasteiger partial charge in [-0.3, -0.25) is 14.4 Å². The van der Waals surface area contributed by atoms with Crippen molar-refractivity contribution in [3.05, 3.63) is 60.2 Å². The van der Waals surface area contributed by atoms with Crippen LogP contribution in [0.15, 0.2) is 54.6 Å². The highest BCUT2D eigenvalue weighted by Crippen LogP contribution is 2.42. The highest BCUT2D eigenvalue weighted by atomic mass is 16.7. The van der Waals surface area contributed by atoms with Gasteiger partial charge in [0.1, 0.15) is 0 Å². The van der Waals surface area contributed by atoms with E-state index in [1.54, 1.807) is 11.1 Å². The van der Waals surface area contributed by atoms with Gasteiger partial charge in [0.05, 0.1) is 23.3 Å². The molecule has 2 aromatic carbocycles. The molecular formula is C22H24N2O3. The molecular weight excluding hydrogens is 340 g/mol. The number of para-hydroxylation sites is 1. The second kappa shape index (κ2) is 6.82. The van der Waals surface area contributed by atoms with Gasteiger partial charge in [0.2, 0.25) is 5.91 Å². The van der Waals surface area contributed by atoms with Gasteiger partial charge in [-0.05, 0) is 49.1 Å². The molecule has 2 aromatic rings. The number of nitrogens with zero attached hydrogens (tertiary/aromatic N) is 2. The molecule has 0 bridgehead atoms. The Bertz CT molecular complexity index is 865. The van der Waals surface area contributed by atoms with Crippen molar-refractivity contribution in [1.82, 2.24) is 0 Å². The van der Waals surface area contributed by atoms with E-state index in [1.165, 1.54) is 4.90 Å². The van der Waals surface area contributed by atoms with Crippen LogP contribution in [0.1, 0.15) is 25.8 Å². The second-order valence-corrected chi connectivity index (χ2v) is 7.76. The van der Waals surface area contributed by atoms with Gasteiger partial charge in [-0.15, -0.1) is 0 Å². The Hall–Kier alpha value is -2.66. The summed E-state index contributed by atoms with van der Waals surface area (Å²) in [7, 11) is 0. The lowest BCUT2D eigenvalue weighted by molar-refractivity contribution is -0.126. The Balaban J connectivity index is 1.70. The summed E-state index contributed by atoms with van der Waals surface area (Å²) in [5, 5.41) is 1.78. The van der Waals surface area contributed by atoms with E-state index in [2.05, 4.69) is 13.8 Å². The Morgan fingerprint density at radius 2 is 1.67 bits per heavy atom. The maximum atomic E-state index is 13.3. The van der Waals surface area contributed by atoms with Crippen molar-refractivity contribution in [3.8, 4) is 0 Å². The van der Waals surface area contributed by atoms with Crippen LogP contribution < -0.4 is 9.96 Å². The molecule has 2 heterocycles. The summed E-state index contributed by atoms with van der Waals surface area (Å²) in [6.07, 6.45) is 0.0125. The predicted molar refractivity (Wildman–Crippen MR) is 104 cm³/mol. The van der Waals surface area contributed by atoms with Crippen LogP contribution in [0.5, 0.6) is 0 Å². The lowest BCUT2D eigenvalue weighted by Crippen LogP contribution is -2.41. The van der Waals surface area contributed by atoms with Gasteiger partial charge in [0.25, 0.3) is 5.91 Å². The zero-order chi connectivity index (χ0) is 19.1. The summed E-state index contributed by atoms with van der Waals surface area (Å²) in [5.41, 5.74) is 2.51. The second-order valence-electron chi connectivity index (χ2n) is 7.76. The fraction of sp³-hybridized carbons (Fsp3) is 0.364. The summed E-state index contributed by atoms with van der Waals surface area (Å²) >= 11 is 0. The van der Waals surface area contributed by atoms with Crippen LogP contribution in [0.3, 0.4) is 0 Å². The van der Waals surface area contributed by atoms with Crippen molar-refractivity contribution in [2.75, 3.05) is 9.96 Å². The topological polar surface area (TPSA) is 49.9 Å². The Morgan fingerprint density at radius 3 is 2.33 bits per heavy atom. The maximum absolute atomic E-state index is 13.3. The van der Waals surface area contributed by atoms with Crippen LogP contribution in [-0.4, -0.2) is 24.0 Å². The minimum Gasteiger partial charge on any atom is -0.273 e. The number of hydroxylamine groups is 1. The molecule has 4 rings (SSSR count). The van der Waals surface area contributed by atoms with Crippen molar-refractivity contribution >= 4 is 23.2 Å². The van der Waals surface area contributed by atoms with E-state index >= 15 is 0 Å². The van der Waals surface area contributed by atoms with Gasteiger partial charge in [-0.1, -0.05) is 44.2 Å². The number of anilines is 2. The van der Waals surface area contributed by atoms with Crippen molar-refractivity contribution in [1.29, 1.82) is 0 Å². The maximum Gasteiger partial charge on any atom is 0.266 e. The summed E-state index contributed by atoms with van der Waals surface area (Å²) in [4.78, 5) is 33.7. The lowest BCUT2D eigenvalue weighted by Gasteiger charge is -2.29. The zero-order valence-corrected chi connectivity index (χ0v) is 15.8. The zero-order valence-electron chi connectivity index (χ0n) is 15.8. The molecule has 2 amide bonds. The van der Waals surface area contributed by atoms with Crippen molar-refractivity contribution < 1.29 is 14.4 Å². The van der Waals surface area contributed by atoms with Crippen LogP contribution in [0.4, 0.5) is 11.4 Å². The summed E-state index contributed by atoms with van der Waals surface area (Å²) in [6, 6.07) is 17.0. The molecule has 0 radical (unpaired) electrons. The third-order valence-corrected chi connectivity index (χ3v) is 5.22. The Kier molecular flexibility index (Phi) is 4.48. The molecule has 5 heteroatoms. The third kappa shape index (κ3) is 3.02. The Morgan fingerprint density at radius 1 is 0.963 bits per heavy atom. The first-order valence-corrected chi connectivity index (χ1v) is 9.43. The number of imide groups is 1. The first kappa shape index (κ1) is 17.7. The van der Waals surface area contributed by atoms with Gasteiger partial charge < -0.3 is 0 Å². The molecule has 2 fully saturated rings. The van der Waals surface area contributed by atoms with Crippen molar-refractivity contribution in [2.45, 2.75) is 39.3 Å². The number of fused-ring (bicyclic) bond motifs is 1. The fourth-order valence-corrected chi connectivity index (χ4v) is 4.07. The van der Waals surface area contributed by atoms with E-state index in [-0.39, 0.29) is 17.9 Å². The predicted octanol–water partition coefficient (Wildman–Crippen LogP) is 3.72. The first-order valence-electron chi connectivity index (χ1n) is 9.43. The molecule has 0 saturated carbocycles. The van der Waals surface area contributed by atoms with E-state index in [4.69, 9.17) is 4.84 Å². The summed E-state index contributed by atoms with van der Waals surface area (Å²) in [6.45, 7) is 6.19. The van der Waals surface area contributed by atoms with Crippen LogP contribution in [-0.2, 0) is 14.4 Å². The van der Waals surface area contributed by atoms with E-state index in [1.807, 2.05) is 55.5 Å². The van der Waals surface area contributed by atoms with Crippen LogP contribution in [0.2, 0.25) is 0 Å². The SMILES string of the molecule is Cc1cccc(N2C(=O)[C@@H]3[C@@H](ON(c4ccccc4)[C@H]3CC(C)C)C2=O)c1. The Labute approximate surface area is 159 Å². The fourth-order valence-electron chi connectivity index (χ4n) is 4.07. The van der Waals surface area contributed by atoms with Gasteiger partial charge in [-0.25, -0.2) is 9.96 Å². The van der Waals surface area contributed by atoms with Crippen LogP contribution in [0, 0.1) is 18.8 Å². The van der Waals surface area contributed by atoms with E-state index in [0.717, 1.165) is 17.7 Å². The van der Waals surface area contributed by atoms with Gasteiger partial charge >= 0.3 is 0 Å². The highest BCUT2D eigenvalue weighted by Gasteiger charge is 2.59. The number of hydrogen-bond donors (Lipinski definition) is 0. The number of rotatable bonds is 4. The number of aryl methyl sites for hydroxylation is 1. The van der Waals surface area contributed by atoms with E-state index < -0.39 is 12.0 Å². The summed E-state index contributed by atoms with van der Waals surface area (Å²) < 4.78 is 0. The standard InChI is InChI=1S/C22H24N2O3/c1-14(2)12-18-19-20(27-24(18)16-9-5-4-6-10-16)22(26)23(21(19)25)17-11-7-8-15(3)13-17/h4-11,13-14,18-20H,12H2,1-3H3/t18-,19-,20+/m0/s1. The van der Waals surface area contributed by atoms with Gasteiger partial charge in [-0.2, -0.15) is 0 Å². The molecule has 2 aliphatic rings.